The molecule has 0 spiro atoms. The zero-order valence-electron chi connectivity index (χ0n) is 14.2. The number of aryl methyl sites for hydroxylation is 1. The summed E-state index contributed by atoms with van der Waals surface area (Å²) < 4.78 is 39.6. The molecule has 0 amide bonds. The van der Waals surface area contributed by atoms with Crippen LogP contribution in [0.4, 0.5) is 13.2 Å². The van der Waals surface area contributed by atoms with Crippen LogP contribution in [-0.2, 0) is 12.7 Å². The molecular formula is C17H24F3N3O. The van der Waals surface area contributed by atoms with Crippen molar-refractivity contribution in [3.63, 3.8) is 0 Å². The van der Waals surface area contributed by atoms with Crippen molar-refractivity contribution in [1.82, 2.24) is 15.3 Å². The molecule has 3 N–H and O–H groups in total. The van der Waals surface area contributed by atoms with Gasteiger partial charge in [0.2, 0.25) is 0 Å². The van der Waals surface area contributed by atoms with Crippen molar-refractivity contribution >= 4 is 11.0 Å². The van der Waals surface area contributed by atoms with Crippen molar-refractivity contribution in [1.29, 1.82) is 0 Å². The maximum Gasteiger partial charge on any atom is 0.418 e. The molecule has 1 aromatic heterocycles. The van der Waals surface area contributed by atoms with Crippen LogP contribution in [0.5, 0.6) is 0 Å². The minimum absolute atomic E-state index is 0.0466. The normalized spacial score (nSPS) is 21.0. The molecule has 0 aliphatic heterocycles. The van der Waals surface area contributed by atoms with E-state index in [1.54, 1.807) is 13.0 Å². The number of nitrogens with zero attached hydrogens (tertiary/aromatic N) is 1. The third kappa shape index (κ3) is 4.08. The average Bonchev–Trinajstić information content (AvgIpc) is 3.09. The van der Waals surface area contributed by atoms with Crippen LogP contribution in [-0.4, -0.2) is 27.2 Å². The van der Waals surface area contributed by atoms with E-state index in [0.29, 0.717) is 23.4 Å². The Morgan fingerprint density at radius 2 is 2.00 bits per heavy atom. The van der Waals surface area contributed by atoms with Gasteiger partial charge in [-0.1, -0.05) is 13.8 Å². The minimum Gasteiger partial charge on any atom is -0.392 e. The first-order chi connectivity index (χ1) is 11.3. The highest BCUT2D eigenvalue weighted by atomic mass is 19.4. The summed E-state index contributed by atoms with van der Waals surface area (Å²) >= 11 is 0. The monoisotopic (exact) mass is 343 g/mol. The van der Waals surface area contributed by atoms with E-state index in [0.717, 1.165) is 25.3 Å². The number of H-pyrrole nitrogens is 1. The van der Waals surface area contributed by atoms with Gasteiger partial charge in [0.05, 0.1) is 17.2 Å². The first-order valence-corrected chi connectivity index (χ1v) is 8.32. The molecule has 2 atom stereocenters. The molecule has 0 saturated heterocycles. The number of aliphatic hydroxyl groups excluding tert-OH is 1. The van der Waals surface area contributed by atoms with Gasteiger partial charge in [0.25, 0.3) is 0 Å². The Labute approximate surface area is 139 Å². The minimum atomic E-state index is -4.44. The summed E-state index contributed by atoms with van der Waals surface area (Å²) in [5, 5.41) is 12.9. The Bertz CT molecular complexity index is 682. The third-order valence-corrected chi connectivity index (χ3v) is 4.12. The summed E-state index contributed by atoms with van der Waals surface area (Å²) in [6.07, 6.45) is -2.34. The van der Waals surface area contributed by atoms with Gasteiger partial charge in [0.1, 0.15) is 11.3 Å². The van der Waals surface area contributed by atoms with Gasteiger partial charge in [0, 0.05) is 12.6 Å². The summed E-state index contributed by atoms with van der Waals surface area (Å²) in [4.78, 5) is 6.79. The van der Waals surface area contributed by atoms with E-state index < -0.39 is 17.8 Å². The van der Waals surface area contributed by atoms with Crippen molar-refractivity contribution in [2.75, 3.05) is 0 Å². The molecule has 1 saturated carbocycles. The van der Waals surface area contributed by atoms with E-state index in [1.807, 2.05) is 13.8 Å². The maximum absolute atomic E-state index is 13.2. The summed E-state index contributed by atoms with van der Waals surface area (Å²) in [5.74, 6) is 0.455. The van der Waals surface area contributed by atoms with Gasteiger partial charge in [-0.25, -0.2) is 4.98 Å². The Kier molecular flexibility index (Phi) is 5.87. The molecule has 134 valence electrons. The van der Waals surface area contributed by atoms with Crippen molar-refractivity contribution in [3.05, 3.63) is 29.1 Å². The third-order valence-electron chi connectivity index (χ3n) is 4.12. The van der Waals surface area contributed by atoms with E-state index in [9.17, 15) is 18.3 Å². The predicted octanol–water partition coefficient (Wildman–Crippen LogP) is 3.92. The number of fused-ring (bicyclic) bond motifs is 1. The molecule has 2 aromatic rings. The number of rotatable bonds is 3. The van der Waals surface area contributed by atoms with Gasteiger partial charge in [-0.15, -0.1) is 0 Å². The fraction of sp³-hybridized carbons (Fsp3) is 0.588. The summed E-state index contributed by atoms with van der Waals surface area (Å²) in [6, 6.07) is 2.77. The predicted molar refractivity (Wildman–Crippen MR) is 87.7 cm³/mol. The van der Waals surface area contributed by atoms with Crippen LogP contribution in [0.25, 0.3) is 11.0 Å². The molecular weight excluding hydrogens is 319 g/mol. The Morgan fingerprint density at radius 3 is 2.58 bits per heavy atom. The largest absolute Gasteiger partial charge is 0.418 e. The average molecular weight is 343 g/mol. The molecule has 2 unspecified atom stereocenters. The smallest absolute Gasteiger partial charge is 0.392 e. The van der Waals surface area contributed by atoms with E-state index in [4.69, 9.17) is 0 Å². The van der Waals surface area contributed by atoms with Crippen LogP contribution in [0.3, 0.4) is 0 Å². The summed E-state index contributed by atoms with van der Waals surface area (Å²) in [7, 11) is 0. The highest BCUT2D eigenvalue weighted by molar-refractivity contribution is 5.80. The van der Waals surface area contributed by atoms with Crippen LogP contribution in [0, 0.1) is 6.92 Å². The van der Waals surface area contributed by atoms with Crippen molar-refractivity contribution in [3.8, 4) is 0 Å². The first-order valence-electron chi connectivity index (χ1n) is 8.32. The quantitative estimate of drug-likeness (QED) is 0.792. The van der Waals surface area contributed by atoms with Crippen LogP contribution in [0.15, 0.2) is 12.1 Å². The lowest BCUT2D eigenvalue weighted by atomic mass is 10.1. The Morgan fingerprint density at radius 1 is 1.29 bits per heavy atom. The van der Waals surface area contributed by atoms with E-state index in [2.05, 4.69) is 15.3 Å². The van der Waals surface area contributed by atoms with Gasteiger partial charge in [-0.2, -0.15) is 13.2 Å². The number of imidazole rings is 1. The summed E-state index contributed by atoms with van der Waals surface area (Å²) in [6.45, 7) is 5.92. The van der Waals surface area contributed by atoms with E-state index >= 15 is 0 Å². The maximum atomic E-state index is 13.2. The number of hydrogen-bond donors (Lipinski definition) is 3. The van der Waals surface area contributed by atoms with Crippen molar-refractivity contribution in [2.24, 2.45) is 0 Å². The van der Waals surface area contributed by atoms with E-state index in [-0.39, 0.29) is 11.6 Å². The first kappa shape index (κ1) is 18.7. The lowest BCUT2D eigenvalue weighted by molar-refractivity contribution is -0.136. The molecule has 24 heavy (non-hydrogen) atoms. The zero-order chi connectivity index (χ0) is 17.9. The molecule has 4 nitrogen and oxygen atoms in total. The number of halogens is 3. The molecule has 1 aliphatic carbocycles. The number of aromatic nitrogens is 2. The molecule has 0 bridgehead atoms. The van der Waals surface area contributed by atoms with Gasteiger partial charge < -0.3 is 15.4 Å². The SMILES string of the molecule is CC.Cc1nc2c(C(F)(F)F)cc(CNC3CCCC3O)cc2[nH]1. The topological polar surface area (TPSA) is 60.9 Å². The molecule has 0 radical (unpaired) electrons. The van der Waals surface area contributed by atoms with Crippen molar-refractivity contribution in [2.45, 2.75) is 64.9 Å². The van der Waals surface area contributed by atoms with Crippen LogP contribution >= 0.6 is 0 Å². The molecule has 1 aliphatic rings. The van der Waals surface area contributed by atoms with Crippen molar-refractivity contribution < 1.29 is 18.3 Å². The molecule has 1 fully saturated rings. The van der Waals surface area contributed by atoms with Gasteiger partial charge >= 0.3 is 6.18 Å². The van der Waals surface area contributed by atoms with Gasteiger partial charge in [0.15, 0.2) is 0 Å². The van der Waals surface area contributed by atoms with Gasteiger partial charge in [-0.05, 0) is 43.9 Å². The Hall–Kier alpha value is -1.60. The second-order valence-corrected chi connectivity index (χ2v) is 5.85. The molecule has 7 heteroatoms. The number of nitrogens with one attached hydrogen (secondary N) is 2. The standard InChI is InChI=1S/C15H18F3N3O.C2H6/c1-8-20-12-6-9(7-19-11-3-2-4-13(11)22)5-10(14(12)21-8)15(16,17)18;1-2/h5-6,11,13,19,22H,2-4,7H2,1H3,(H,20,21);1-2H3. The molecule has 3 rings (SSSR count). The number of hydrogen-bond acceptors (Lipinski definition) is 3. The molecule has 1 aromatic carbocycles. The fourth-order valence-electron chi connectivity index (χ4n) is 3.05. The summed E-state index contributed by atoms with van der Waals surface area (Å²) in [5.41, 5.74) is 0.145. The zero-order valence-corrected chi connectivity index (χ0v) is 14.2. The van der Waals surface area contributed by atoms with Crippen LogP contribution in [0.1, 0.15) is 50.1 Å². The van der Waals surface area contributed by atoms with Gasteiger partial charge in [-0.3, -0.25) is 0 Å². The highest BCUT2D eigenvalue weighted by Crippen LogP contribution is 2.35. The fourth-order valence-corrected chi connectivity index (χ4v) is 3.05. The number of alkyl halides is 3. The highest BCUT2D eigenvalue weighted by Gasteiger charge is 2.34. The Balaban J connectivity index is 0.00000100. The van der Waals surface area contributed by atoms with Crippen LogP contribution in [0.2, 0.25) is 0 Å². The second kappa shape index (κ2) is 7.53. The van der Waals surface area contributed by atoms with E-state index in [1.165, 1.54) is 0 Å². The van der Waals surface area contributed by atoms with Crippen LogP contribution < -0.4 is 5.32 Å². The molecule has 1 heterocycles. The lowest BCUT2D eigenvalue weighted by Crippen LogP contribution is -2.35. The lowest BCUT2D eigenvalue weighted by Gasteiger charge is -2.17. The number of aliphatic hydroxyl groups is 1. The number of benzene rings is 1. The second-order valence-electron chi connectivity index (χ2n) is 5.85. The number of aromatic amines is 1.